The predicted octanol–water partition coefficient (Wildman–Crippen LogP) is 3.33. The van der Waals surface area contributed by atoms with Crippen LogP contribution in [0.15, 0.2) is 41.4 Å². The van der Waals surface area contributed by atoms with Crippen LogP contribution in [0.2, 0.25) is 0 Å². The molecule has 0 aliphatic rings. The Bertz CT molecular complexity index is 635. The standard InChI is InChI=1S/C17H17NOS/c1-13-9-14(2)18-17(10-13)20-12-16-6-3-5-15(11-16)7-4-8-19/h3,5-6,9-11,19H,8,12H2,1-2H3. The van der Waals surface area contributed by atoms with E-state index in [0.717, 1.165) is 22.0 Å². The lowest BCUT2D eigenvalue weighted by atomic mass is 10.1. The van der Waals surface area contributed by atoms with Crippen LogP contribution in [0.1, 0.15) is 22.4 Å². The molecule has 0 bridgehead atoms. The number of aliphatic hydroxyl groups is 1. The van der Waals surface area contributed by atoms with Gasteiger partial charge in [0.05, 0.1) is 5.03 Å². The molecule has 1 aromatic carbocycles. The highest BCUT2D eigenvalue weighted by Gasteiger charge is 2.00. The molecule has 1 N–H and O–H groups in total. The highest BCUT2D eigenvalue weighted by molar-refractivity contribution is 7.98. The molecule has 0 fully saturated rings. The van der Waals surface area contributed by atoms with Gasteiger partial charge in [0.25, 0.3) is 0 Å². The largest absolute Gasteiger partial charge is 0.384 e. The third-order valence-electron chi connectivity index (χ3n) is 2.70. The summed E-state index contributed by atoms with van der Waals surface area (Å²) in [4.78, 5) is 4.52. The molecular weight excluding hydrogens is 266 g/mol. The van der Waals surface area contributed by atoms with Gasteiger partial charge in [-0.2, -0.15) is 0 Å². The summed E-state index contributed by atoms with van der Waals surface area (Å²) < 4.78 is 0. The minimum atomic E-state index is -0.106. The van der Waals surface area contributed by atoms with Gasteiger partial charge in [0.2, 0.25) is 0 Å². The SMILES string of the molecule is Cc1cc(C)nc(SCc2cccc(C#CCO)c2)c1. The minimum Gasteiger partial charge on any atom is -0.384 e. The molecule has 0 aliphatic carbocycles. The summed E-state index contributed by atoms with van der Waals surface area (Å²) in [5, 5.41) is 9.77. The van der Waals surface area contributed by atoms with Gasteiger partial charge in [0, 0.05) is 17.0 Å². The summed E-state index contributed by atoms with van der Waals surface area (Å²) >= 11 is 1.73. The number of hydrogen-bond donors (Lipinski definition) is 1. The number of aromatic nitrogens is 1. The van der Waals surface area contributed by atoms with Crippen LogP contribution in [0.3, 0.4) is 0 Å². The Balaban J connectivity index is 2.07. The van der Waals surface area contributed by atoms with E-state index in [-0.39, 0.29) is 6.61 Å². The topological polar surface area (TPSA) is 33.1 Å². The number of rotatable bonds is 3. The number of aryl methyl sites for hydroxylation is 2. The molecule has 102 valence electrons. The summed E-state index contributed by atoms with van der Waals surface area (Å²) in [5.74, 6) is 6.46. The molecule has 0 radical (unpaired) electrons. The van der Waals surface area contributed by atoms with E-state index in [9.17, 15) is 0 Å². The second-order valence-corrected chi connectivity index (χ2v) is 5.57. The smallest absolute Gasteiger partial charge is 0.104 e. The fourth-order valence-corrected chi connectivity index (χ4v) is 2.89. The zero-order valence-electron chi connectivity index (χ0n) is 11.7. The van der Waals surface area contributed by atoms with Gasteiger partial charge < -0.3 is 5.11 Å². The van der Waals surface area contributed by atoms with Gasteiger partial charge in [-0.05, 0) is 49.2 Å². The molecule has 0 saturated carbocycles. The fourth-order valence-electron chi connectivity index (χ4n) is 1.92. The average molecular weight is 283 g/mol. The first-order chi connectivity index (χ1) is 9.67. The van der Waals surface area contributed by atoms with Crippen molar-refractivity contribution in [1.82, 2.24) is 4.98 Å². The predicted molar refractivity (Wildman–Crippen MR) is 83.7 cm³/mol. The maximum absolute atomic E-state index is 8.71. The molecular formula is C17H17NOS. The van der Waals surface area contributed by atoms with Crippen molar-refractivity contribution < 1.29 is 5.11 Å². The Morgan fingerprint density at radius 2 is 2.05 bits per heavy atom. The lowest BCUT2D eigenvalue weighted by molar-refractivity contribution is 0.350. The van der Waals surface area contributed by atoms with Crippen LogP contribution in [-0.4, -0.2) is 16.7 Å². The molecule has 20 heavy (non-hydrogen) atoms. The molecule has 1 heterocycles. The lowest BCUT2D eigenvalue weighted by Gasteiger charge is -2.04. The first-order valence-electron chi connectivity index (χ1n) is 6.44. The molecule has 0 spiro atoms. The number of hydrogen-bond acceptors (Lipinski definition) is 3. The van der Waals surface area contributed by atoms with Crippen LogP contribution in [0, 0.1) is 25.7 Å². The van der Waals surface area contributed by atoms with Gasteiger partial charge in [-0.15, -0.1) is 11.8 Å². The van der Waals surface area contributed by atoms with Crippen LogP contribution in [0.25, 0.3) is 0 Å². The highest BCUT2D eigenvalue weighted by Crippen LogP contribution is 2.22. The lowest BCUT2D eigenvalue weighted by Crippen LogP contribution is -1.88. The number of pyridine rings is 1. The molecule has 0 unspecified atom stereocenters. The van der Waals surface area contributed by atoms with E-state index >= 15 is 0 Å². The van der Waals surface area contributed by atoms with E-state index in [1.54, 1.807) is 11.8 Å². The molecule has 0 amide bonds. The second kappa shape index (κ2) is 7.14. The Morgan fingerprint density at radius 3 is 2.80 bits per heavy atom. The van der Waals surface area contributed by atoms with Crippen molar-refractivity contribution in [2.75, 3.05) is 6.61 Å². The van der Waals surface area contributed by atoms with Gasteiger partial charge >= 0.3 is 0 Å². The summed E-state index contributed by atoms with van der Waals surface area (Å²) in [5.41, 5.74) is 4.43. The summed E-state index contributed by atoms with van der Waals surface area (Å²) in [6.07, 6.45) is 0. The third kappa shape index (κ3) is 4.41. The van der Waals surface area contributed by atoms with Crippen molar-refractivity contribution in [3.05, 3.63) is 58.8 Å². The Morgan fingerprint density at radius 1 is 1.20 bits per heavy atom. The van der Waals surface area contributed by atoms with Crippen LogP contribution >= 0.6 is 11.8 Å². The monoisotopic (exact) mass is 283 g/mol. The minimum absolute atomic E-state index is 0.106. The van der Waals surface area contributed by atoms with Gasteiger partial charge in [-0.25, -0.2) is 4.98 Å². The van der Waals surface area contributed by atoms with Crippen LogP contribution < -0.4 is 0 Å². The maximum Gasteiger partial charge on any atom is 0.104 e. The maximum atomic E-state index is 8.71. The molecule has 0 atom stereocenters. The molecule has 3 heteroatoms. The molecule has 1 aromatic heterocycles. The fraction of sp³-hybridized carbons (Fsp3) is 0.235. The van der Waals surface area contributed by atoms with E-state index in [4.69, 9.17) is 5.11 Å². The zero-order valence-corrected chi connectivity index (χ0v) is 12.5. The number of thioether (sulfide) groups is 1. The average Bonchev–Trinajstić information content (AvgIpc) is 2.42. The zero-order chi connectivity index (χ0) is 14.4. The number of aliphatic hydroxyl groups excluding tert-OH is 1. The number of benzene rings is 1. The van der Waals surface area contributed by atoms with Gasteiger partial charge in [0.15, 0.2) is 0 Å². The van der Waals surface area contributed by atoms with Gasteiger partial charge in [0.1, 0.15) is 6.61 Å². The van der Waals surface area contributed by atoms with E-state index in [1.165, 1.54) is 11.1 Å². The summed E-state index contributed by atoms with van der Waals surface area (Å²) in [6, 6.07) is 12.3. The van der Waals surface area contributed by atoms with Crippen molar-refractivity contribution in [2.24, 2.45) is 0 Å². The summed E-state index contributed by atoms with van der Waals surface area (Å²) in [7, 11) is 0. The highest BCUT2D eigenvalue weighted by atomic mass is 32.2. The van der Waals surface area contributed by atoms with Gasteiger partial charge in [-0.3, -0.25) is 0 Å². The van der Waals surface area contributed by atoms with E-state index in [2.05, 4.69) is 48.0 Å². The molecule has 2 aromatic rings. The Hall–Kier alpha value is -1.76. The molecule has 0 aliphatic heterocycles. The number of nitrogens with zero attached hydrogens (tertiary/aromatic N) is 1. The Labute approximate surface area is 124 Å². The van der Waals surface area contributed by atoms with Crippen LogP contribution in [-0.2, 0) is 5.75 Å². The van der Waals surface area contributed by atoms with E-state index < -0.39 is 0 Å². The molecule has 2 nitrogen and oxygen atoms in total. The van der Waals surface area contributed by atoms with E-state index in [0.29, 0.717) is 0 Å². The van der Waals surface area contributed by atoms with Crippen LogP contribution in [0.5, 0.6) is 0 Å². The second-order valence-electron chi connectivity index (χ2n) is 4.57. The van der Waals surface area contributed by atoms with Crippen LogP contribution in [0.4, 0.5) is 0 Å². The van der Waals surface area contributed by atoms with Crippen molar-refractivity contribution in [3.8, 4) is 11.8 Å². The Kier molecular flexibility index (Phi) is 5.23. The van der Waals surface area contributed by atoms with Crippen molar-refractivity contribution in [2.45, 2.75) is 24.6 Å². The first kappa shape index (κ1) is 14.6. The van der Waals surface area contributed by atoms with Crippen molar-refractivity contribution in [1.29, 1.82) is 0 Å². The van der Waals surface area contributed by atoms with E-state index in [1.807, 2.05) is 19.1 Å². The quantitative estimate of drug-likeness (QED) is 0.693. The molecule has 2 rings (SSSR count). The van der Waals surface area contributed by atoms with Gasteiger partial charge in [-0.1, -0.05) is 24.0 Å². The normalized spacial score (nSPS) is 9.95. The third-order valence-corrected chi connectivity index (χ3v) is 3.68. The summed E-state index contributed by atoms with van der Waals surface area (Å²) in [6.45, 7) is 4.00. The molecule has 0 saturated heterocycles. The first-order valence-corrected chi connectivity index (χ1v) is 7.43. The van der Waals surface area contributed by atoms with Crippen molar-refractivity contribution >= 4 is 11.8 Å². The van der Waals surface area contributed by atoms with Crippen molar-refractivity contribution in [3.63, 3.8) is 0 Å².